The van der Waals surface area contributed by atoms with E-state index in [0.717, 1.165) is 37.2 Å². The zero-order chi connectivity index (χ0) is 17.8. The van der Waals surface area contributed by atoms with E-state index in [0.29, 0.717) is 24.5 Å². The molecule has 25 heavy (non-hydrogen) atoms. The van der Waals surface area contributed by atoms with Crippen LogP contribution in [0.3, 0.4) is 0 Å². The number of amides is 1. The van der Waals surface area contributed by atoms with Crippen molar-refractivity contribution >= 4 is 5.91 Å². The number of aryl methyl sites for hydroxylation is 2. The van der Waals surface area contributed by atoms with Gasteiger partial charge in [-0.1, -0.05) is 12.1 Å². The van der Waals surface area contributed by atoms with Crippen LogP contribution in [0.4, 0.5) is 0 Å². The van der Waals surface area contributed by atoms with Crippen LogP contribution < -0.4 is 0 Å². The first kappa shape index (κ1) is 17.4. The lowest BCUT2D eigenvalue weighted by Gasteiger charge is -2.22. The molecule has 0 atom stereocenters. The van der Waals surface area contributed by atoms with Crippen molar-refractivity contribution in [3.63, 3.8) is 0 Å². The average molecular weight is 339 g/mol. The number of aromatic hydroxyl groups is 1. The van der Waals surface area contributed by atoms with Crippen LogP contribution >= 0.6 is 0 Å². The number of carbonyl (C=O) groups excluding carboxylic acids is 1. The average Bonchev–Trinajstić information content (AvgIpc) is 2.85. The van der Waals surface area contributed by atoms with E-state index in [1.165, 1.54) is 5.56 Å². The number of pyridine rings is 1. The minimum atomic E-state index is -0.00326. The van der Waals surface area contributed by atoms with E-state index in [9.17, 15) is 9.90 Å². The normalized spacial score (nSPS) is 15.8. The van der Waals surface area contributed by atoms with Crippen molar-refractivity contribution in [1.29, 1.82) is 0 Å². The zero-order valence-electron chi connectivity index (χ0n) is 14.9. The summed E-state index contributed by atoms with van der Waals surface area (Å²) in [6.07, 6.45) is 2.57. The molecule has 1 aliphatic rings. The smallest absolute Gasteiger partial charge is 0.272 e. The Balaban J connectivity index is 1.64. The molecule has 1 aliphatic heterocycles. The first-order valence-corrected chi connectivity index (χ1v) is 8.76. The molecule has 1 amide bonds. The van der Waals surface area contributed by atoms with Crippen LogP contribution in [0.25, 0.3) is 0 Å². The molecule has 1 saturated heterocycles. The van der Waals surface area contributed by atoms with Crippen molar-refractivity contribution in [2.24, 2.45) is 0 Å². The molecule has 132 valence electrons. The van der Waals surface area contributed by atoms with Crippen molar-refractivity contribution in [3.05, 3.63) is 58.9 Å². The Hall–Kier alpha value is -2.40. The molecular formula is C20H25N3O2. The van der Waals surface area contributed by atoms with Gasteiger partial charge in [-0.3, -0.25) is 14.7 Å². The highest BCUT2D eigenvalue weighted by molar-refractivity contribution is 5.92. The van der Waals surface area contributed by atoms with E-state index in [1.807, 2.05) is 30.0 Å². The standard InChI is InChI=1S/C20H25N3O2/c1-15-12-17(19(24)13-16(15)2)14-22-8-5-9-23(11-10-22)20(25)18-6-3-4-7-21-18/h3-4,6-7,12-13,24H,5,8-11,14H2,1-2H3. The fourth-order valence-electron chi connectivity index (χ4n) is 3.21. The number of phenolic OH excluding ortho intramolecular Hbond substituents is 1. The molecule has 0 bridgehead atoms. The Morgan fingerprint density at radius 1 is 1.12 bits per heavy atom. The van der Waals surface area contributed by atoms with Crippen molar-refractivity contribution in [2.75, 3.05) is 26.2 Å². The topological polar surface area (TPSA) is 56.7 Å². The number of aromatic nitrogens is 1. The lowest BCUT2D eigenvalue weighted by Crippen LogP contribution is -2.35. The number of hydrogen-bond donors (Lipinski definition) is 1. The zero-order valence-corrected chi connectivity index (χ0v) is 14.9. The number of nitrogens with zero attached hydrogens (tertiary/aromatic N) is 3. The van der Waals surface area contributed by atoms with Gasteiger partial charge in [-0.15, -0.1) is 0 Å². The Morgan fingerprint density at radius 3 is 2.68 bits per heavy atom. The molecule has 1 aromatic heterocycles. The van der Waals surface area contributed by atoms with Gasteiger partial charge in [0.1, 0.15) is 11.4 Å². The maximum atomic E-state index is 12.6. The maximum Gasteiger partial charge on any atom is 0.272 e. The summed E-state index contributed by atoms with van der Waals surface area (Å²) in [7, 11) is 0. The molecule has 0 spiro atoms. The van der Waals surface area contributed by atoms with Gasteiger partial charge in [-0.25, -0.2) is 0 Å². The summed E-state index contributed by atoms with van der Waals surface area (Å²) in [5.41, 5.74) is 3.74. The van der Waals surface area contributed by atoms with Gasteiger partial charge < -0.3 is 10.0 Å². The van der Waals surface area contributed by atoms with E-state index in [4.69, 9.17) is 0 Å². The van der Waals surface area contributed by atoms with Gasteiger partial charge in [0.15, 0.2) is 0 Å². The molecule has 0 radical (unpaired) electrons. The van der Waals surface area contributed by atoms with Crippen LogP contribution in [-0.2, 0) is 6.54 Å². The molecule has 0 unspecified atom stereocenters. The van der Waals surface area contributed by atoms with E-state index in [2.05, 4.69) is 22.9 Å². The van der Waals surface area contributed by atoms with Crippen molar-refractivity contribution in [3.8, 4) is 5.75 Å². The summed E-state index contributed by atoms with van der Waals surface area (Å²) in [5, 5.41) is 10.2. The fourth-order valence-corrected chi connectivity index (χ4v) is 3.21. The number of benzene rings is 1. The van der Waals surface area contributed by atoms with E-state index in [-0.39, 0.29) is 5.91 Å². The number of hydrogen-bond acceptors (Lipinski definition) is 4. The largest absolute Gasteiger partial charge is 0.508 e. The molecular weight excluding hydrogens is 314 g/mol. The van der Waals surface area contributed by atoms with Crippen LogP contribution in [0.15, 0.2) is 36.5 Å². The third kappa shape index (κ3) is 4.17. The summed E-state index contributed by atoms with van der Waals surface area (Å²) in [6.45, 7) is 7.91. The number of rotatable bonds is 3. The van der Waals surface area contributed by atoms with Crippen molar-refractivity contribution < 1.29 is 9.90 Å². The lowest BCUT2D eigenvalue weighted by molar-refractivity contribution is 0.0755. The molecule has 5 nitrogen and oxygen atoms in total. The highest BCUT2D eigenvalue weighted by Crippen LogP contribution is 2.23. The molecule has 0 aliphatic carbocycles. The minimum Gasteiger partial charge on any atom is -0.508 e. The first-order chi connectivity index (χ1) is 12.0. The summed E-state index contributed by atoms with van der Waals surface area (Å²) >= 11 is 0. The highest BCUT2D eigenvalue weighted by Gasteiger charge is 2.21. The SMILES string of the molecule is Cc1cc(O)c(CN2CCCN(C(=O)c3ccccn3)CC2)cc1C. The van der Waals surface area contributed by atoms with Crippen LogP contribution in [0, 0.1) is 13.8 Å². The Labute approximate surface area is 148 Å². The summed E-state index contributed by atoms with van der Waals surface area (Å²) in [4.78, 5) is 20.9. The quantitative estimate of drug-likeness (QED) is 0.934. The molecule has 0 saturated carbocycles. The third-order valence-electron chi connectivity index (χ3n) is 4.85. The number of carbonyl (C=O) groups is 1. The second-order valence-corrected chi connectivity index (χ2v) is 6.70. The van der Waals surface area contributed by atoms with E-state index >= 15 is 0 Å². The van der Waals surface area contributed by atoms with Gasteiger partial charge in [0.25, 0.3) is 5.91 Å². The predicted molar refractivity (Wildman–Crippen MR) is 97.6 cm³/mol. The summed E-state index contributed by atoms with van der Waals surface area (Å²) < 4.78 is 0. The van der Waals surface area contributed by atoms with Gasteiger partial charge >= 0.3 is 0 Å². The molecule has 1 N–H and O–H groups in total. The van der Waals surface area contributed by atoms with Crippen LogP contribution in [0.1, 0.15) is 33.6 Å². The molecule has 3 rings (SSSR count). The van der Waals surface area contributed by atoms with Crippen molar-refractivity contribution in [2.45, 2.75) is 26.8 Å². The van der Waals surface area contributed by atoms with Gasteiger partial charge in [0, 0.05) is 44.5 Å². The molecule has 1 fully saturated rings. The second-order valence-electron chi connectivity index (χ2n) is 6.70. The van der Waals surface area contributed by atoms with Crippen molar-refractivity contribution in [1.82, 2.24) is 14.8 Å². The first-order valence-electron chi connectivity index (χ1n) is 8.76. The number of phenols is 1. The maximum absolute atomic E-state index is 12.6. The fraction of sp³-hybridized carbons (Fsp3) is 0.400. The lowest BCUT2D eigenvalue weighted by atomic mass is 10.0. The summed E-state index contributed by atoms with van der Waals surface area (Å²) in [6, 6.07) is 9.31. The minimum absolute atomic E-state index is 0.00326. The van der Waals surface area contributed by atoms with Gasteiger partial charge in [0.05, 0.1) is 0 Å². The summed E-state index contributed by atoms with van der Waals surface area (Å²) in [5.74, 6) is 0.352. The van der Waals surface area contributed by atoms with Gasteiger partial charge in [-0.05, 0) is 49.6 Å². The highest BCUT2D eigenvalue weighted by atomic mass is 16.3. The second kappa shape index (κ2) is 7.66. The van der Waals surface area contributed by atoms with E-state index in [1.54, 1.807) is 12.3 Å². The van der Waals surface area contributed by atoms with E-state index < -0.39 is 0 Å². The van der Waals surface area contributed by atoms with Gasteiger partial charge in [0.2, 0.25) is 0 Å². The third-order valence-corrected chi connectivity index (χ3v) is 4.85. The van der Waals surface area contributed by atoms with Crippen LogP contribution in [-0.4, -0.2) is 52.0 Å². The Bertz CT molecular complexity index is 746. The molecule has 2 heterocycles. The Kier molecular flexibility index (Phi) is 5.34. The molecule has 1 aromatic carbocycles. The van der Waals surface area contributed by atoms with Gasteiger partial charge in [-0.2, -0.15) is 0 Å². The van der Waals surface area contributed by atoms with Crippen LogP contribution in [0.5, 0.6) is 5.75 Å². The monoisotopic (exact) mass is 339 g/mol. The molecule has 2 aromatic rings. The molecule has 5 heteroatoms. The predicted octanol–water partition coefficient (Wildman–Crippen LogP) is 2.75. The van der Waals surface area contributed by atoms with Crippen LogP contribution in [0.2, 0.25) is 0 Å². The Morgan fingerprint density at radius 2 is 1.92 bits per heavy atom.